The standard InChI is InChI=1S/C10H15N4O2/c1-6(2)14-5-11-8-7(14)9(15)13(4)10(16)12(8)3/h5-7H,1-4H3/q+1. The normalized spacial score (nSPS) is 24.9. The number of carbonyl (C=O) groups is 2. The molecule has 1 unspecified atom stereocenters. The lowest BCUT2D eigenvalue weighted by atomic mass is 10.1. The summed E-state index contributed by atoms with van der Waals surface area (Å²) in [7, 11) is 3.13. The molecule has 1 saturated heterocycles. The Kier molecular flexibility index (Phi) is 2.29. The van der Waals surface area contributed by atoms with E-state index in [2.05, 4.69) is 4.99 Å². The Balaban J connectivity index is 2.40. The summed E-state index contributed by atoms with van der Waals surface area (Å²) < 4.78 is 1.86. The molecule has 0 bridgehead atoms. The minimum absolute atomic E-state index is 0.171. The van der Waals surface area contributed by atoms with E-state index in [9.17, 15) is 9.59 Å². The van der Waals surface area contributed by atoms with Gasteiger partial charge in [-0.05, 0) is 18.8 Å². The van der Waals surface area contributed by atoms with Crippen LogP contribution in [0.25, 0.3) is 0 Å². The van der Waals surface area contributed by atoms with Gasteiger partial charge in [0.25, 0.3) is 24.1 Å². The molecule has 0 aromatic rings. The minimum Gasteiger partial charge on any atom is -0.269 e. The van der Waals surface area contributed by atoms with Crippen molar-refractivity contribution in [1.82, 2.24) is 9.80 Å². The van der Waals surface area contributed by atoms with E-state index in [0.29, 0.717) is 5.84 Å². The first-order chi connectivity index (χ1) is 7.45. The molecule has 1 fully saturated rings. The molecule has 2 rings (SSSR count). The zero-order valence-corrected chi connectivity index (χ0v) is 9.84. The number of amides is 3. The van der Waals surface area contributed by atoms with Gasteiger partial charge in [0.05, 0.1) is 6.04 Å². The molecule has 0 saturated carbocycles. The summed E-state index contributed by atoms with van der Waals surface area (Å²) in [5.41, 5.74) is 0. The predicted molar refractivity (Wildman–Crippen MR) is 58.6 cm³/mol. The average molecular weight is 223 g/mol. The van der Waals surface area contributed by atoms with E-state index in [0.717, 1.165) is 4.90 Å². The smallest absolute Gasteiger partial charge is 0.269 e. The molecule has 2 heterocycles. The van der Waals surface area contributed by atoms with Gasteiger partial charge >= 0.3 is 6.03 Å². The molecule has 6 heteroatoms. The number of imide groups is 1. The summed E-state index contributed by atoms with van der Waals surface area (Å²) in [5.74, 6) is 0.297. The maximum Gasteiger partial charge on any atom is 0.333 e. The summed E-state index contributed by atoms with van der Waals surface area (Å²) in [5, 5.41) is 0. The molecule has 0 spiro atoms. The molecule has 0 aromatic heterocycles. The van der Waals surface area contributed by atoms with Crippen LogP contribution in [0.4, 0.5) is 4.79 Å². The zero-order chi connectivity index (χ0) is 12.0. The van der Waals surface area contributed by atoms with Gasteiger partial charge in [0, 0.05) is 14.1 Å². The van der Waals surface area contributed by atoms with Gasteiger partial charge in [-0.15, -0.1) is 0 Å². The Morgan fingerprint density at radius 1 is 1.31 bits per heavy atom. The van der Waals surface area contributed by atoms with Crippen LogP contribution in [0.5, 0.6) is 0 Å². The number of fused-ring (bicyclic) bond motifs is 1. The largest absolute Gasteiger partial charge is 0.333 e. The monoisotopic (exact) mass is 223 g/mol. The van der Waals surface area contributed by atoms with Crippen LogP contribution in [0.1, 0.15) is 13.8 Å². The molecule has 1 atom stereocenters. The molecule has 16 heavy (non-hydrogen) atoms. The highest BCUT2D eigenvalue weighted by atomic mass is 16.2. The fourth-order valence-corrected chi connectivity index (χ4v) is 1.94. The van der Waals surface area contributed by atoms with Gasteiger partial charge in [-0.1, -0.05) is 0 Å². The van der Waals surface area contributed by atoms with E-state index in [4.69, 9.17) is 0 Å². The first kappa shape index (κ1) is 10.8. The molecule has 6 nitrogen and oxygen atoms in total. The molecular formula is C10H15N4O2+. The van der Waals surface area contributed by atoms with Gasteiger partial charge in [0.1, 0.15) is 0 Å². The van der Waals surface area contributed by atoms with E-state index >= 15 is 0 Å². The molecule has 0 N–H and O–H groups in total. The zero-order valence-electron chi connectivity index (χ0n) is 9.84. The highest BCUT2D eigenvalue weighted by Crippen LogP contribution is 2.17. The molecule has 0 aromatic carbocycles. The second-order valence-electron chi connectivity index (χ2n) is 4.29. The Morgan fingerprint density at radius 3 is 2.50 bits per heavy atom. The minimum atomic E-state index is -0.451. The number of hydrogen-bond acceptors (Lipinski definition) is 3. The van der Waals surface area contributed by atoms with Crippen molar-refractivity contribution in [3.05, 3.63) is 0 Å². The van der Waals surface area contributed by atoms with Gasteiger partial charge in [-0.25, -0.2) is 9.37 Å². The van der Waals surface area contributed by atoms with Gasteiger partial charge in [0.15, 0.2) is 0 Å². The summed E-state index contributed by atoms with van der Waals surface area (Å²) in [4.78, 5) is 30.4. The number of urea groups is 1. The van der Waals surface area contributed by atoms with Crippen LogP contribution in [0.2, 0.25) is 0 Å². The highest BCUT2D eigenvalue weighted by Gasteiger charge is 2.50. The van der Waals surface area contributed by atoms with Crippen LogP contribution >= 0.6 is 0 Å². The van der Waals surface area contributed by atoms with Crippen molar-refractivity contribution < 1.29 is 14.2 Å². The molecule has 0 radical (unpaired) electrons. The SMILES string of the molecule is CC(C)[N+]1=CN=C2C1C(=O)N(C)C(=O)N2C. The first-order valence-corrected chi connectivity index (χ1v) is 5.19. The summed E-state index contributed by atoms with van der Waals surface area (Å²) in [6.07, 6.45) is 1.63. The van der Waals surface area contributed by atoms with E-state index < -0.39 is 6.04 Å². The fraction of sp³-hybridized carbons (Fsp3) is 0.600. The second-order valence-corrected chi connectivity index (χ2v) is 4.29. The quantitative estimate of drug-likeness (QED) is 0.575. The Hall–Kier alpha value is -1.72. The van der Waals surface area contributed by atoms with Crippen LogP contribution in [0, 0.1) is 0 Å². The van der Waals surface area contributed by atoms with Gasteiger partial charge in [-0.2, -0.15) is 0 Å². The molecule has 0 aliphatic carbocycles. The number of carbonyl (C=O) groups excluding carboxylic acids is 2. The van der Waals surface area contributed by atoms with Crippen molar-refractivity contribution in [2.75, 3.05) is 14.1 Å². The third kappa shape index (κ3) is 1.26. The molecule has 3 amide bonds. The number of aliphatic imine (C=N–C) groups is 1. The Bertz CT molecular complexity index is 425. The van der Waals surface area contributed by atoms with Gasteiger partial charge in [-0.3, -0.25) is 14.6 Å². The maximum absolute atomic E-state index is 12.0. The Morgan fingerprint density at radius 2 is 1.94 bits per heavy atom. The summed E-state index contributed by atoms with van der Waals surface area (Å²) in [6, 6.07) is -0.614. The molecular weight excluding hydrogens is 208 g/mol. The van der Waals surface area contributed by atoms with Gasteiger partial charge in [0.2, 0.25) is 0 Å². The number of rotatable bonds is 1. The van der Waals surface area contributed by atoms with Crippen molar-refractivity contribution in [3.63, 3.8) is 0 Å². The number of nitrogens with zero attached hydrogens (tertiary/aromatic N) is 4. The third-order valence-corrected chi connectivity index (χ3v) is 2.94. The second kappa shape index (κ2) is 3.40. The van der Waals surface area contributed by atoms with Crippen LogP contribution < -0.4 is 0 Å². The van der Waals surface area contributed by atoms with E-state index in [1.807, 2.05) is 18.4 Å². The molecule has 86 valence electrons. The van der Waals surface area contributed by atoms with E-state index in [1.165, 1.54) is 11.9 Å². The average Bonchev–Trinajstić information content (AvgIpc) is 2.67. The van der Waals surface area contributed by atoms with Crippen LogP contribution in [-0.2, 0) is 4.79 Å². The van der Waals surface area contributed by atoms with E-state index in [-0.39, 0.29) is 18.0 Å². The summed E-state index contributed by atoms with van der Waals surface area (Å²) >= 11 is 0. The molecule has 2 aliphatic heterocycles. The Labute approximate surface area is 93.9 Å². The van der Waals surface area contributed by atoms with Crippen LogP contribution in [0.15, 0.2) is 4.99 Å². The summed E-state index contributed by atoms with van der Waals surface area (Å²) in [6.45, 7) is 3.97. The van der Waals surface area contributed by atoms with Crippen LogP contribution in [0.3, 0.4) is 0 Å². The van der Waals surface area contributed by atoms with Crippen molar-refractivity contribution >= 4 is 24.1 Å². The highest BCUT2D eigenvalue weighted by molar-refractivity contribution is 6.21. The van der Waals surface area contributed by atoms with E-state index in [1.54, 1.807) is 13.4 Å². The molecule has 2 aliphatic rings. The van der Waals surface area contributed by atoms with Crippen molar-refractivity contribution in [2.45, 2.75) is 25.9 Å². The number of amidine groups is 1. The van der Waals surface area contributed by atoms with Crippen molar-refractivity contribution in [1.29, 1.82) is 0 Å². The van der Waals surface area contributed by atoms with Crippen LogP contribution in [-0.4, -0.2) is 64.7 Å². The fourth-order valence-electron chi connectivity index (χ4n) is 1.94. The lowest BCUT2D eigenvalue weighted by Crippen LogP contribution is -2.62. The number of likely N-dealkylation sites (N-methyl/N-ethyl adjacent to an activating group) is 2. The predicted octanol–water partition coefficient (Wildman–Crippen LogP) is -0.260. The lowest BCUT2D eigenvalue weighted by molar-refractivity contribution is -0.561. The number of hydrogen-bond donors (Lipinski definition) is 0. The third-order valence-electron chi connectivity index (χ3n) is 2.94. The van der Waals surface area contributed by atoms with Crippen molar-refractivity contribution in [3.8, 4) is 0 Å². The van der Waals surface area contributed by atoms with Crippen molar-refractivity contribution in [2.24, 2.45) is 4.99 Å². The maximum atomic E-state index is 12.0. The van der Waals surface area contributed by atoms with Gasteiger partial charge < -0.3 is 0 Å². The topological polar surface area (TPSA) is 56.0 Å². The lowest BCUT2D eigenvalue weighted by Gasteiger charge is -2.31. The first-order valence-electron chi connectivity index (χ1n) is 5.19.